The second-order valence-corrected chi connectivity index (χ2v) is 8.82. The number of rotatable bonds is 3. The fourth-order valence-electron chi connectivity index (χ4n) is 4.87. The lowest BCUT2D eigenvalue weighted by Crippen LogP contribution is -1.97. The van der Waals surface area contributed by atoms with E-state index in [0.29, 0.717) is 5.65 Å². The molecule has 0 aliphatic rings. The maximum absolute atomic E-state index is 6.54. The van der Waals surface area contributed by atoms with Gasteiger partial charge >= 0.3 is 0 Å². The predicted octanol–water partition coefficient (Wildman–Crippen LogP) is 7.96. The molecule has 0 saturated carbocycles. The van der Waals surface area contributed by atoms with Crippen LogP contribution in [0.15, 0.2) is 114 Å². The van der Waals surface area contributed by atoms with Crippen LogP contribution >= 0.6 is 0 Å². The predicted molar refractivity (Wildman–Crippen MR) is 142 cm³/mol. The molecule has 166 valence electrons. The van der Waals surface area contributed by atoms with Crippen LogP contribution in [-0.4, -0.2) is 14.5 Å². The number of aryl methyl sites for hydroxylation is 1. The SMILES string of the molecule is Cc1cnc2nc(-c3cccc4c3oc3cc(-c5ccccc5)ccc34)n(-c3ccccc3)c2c1. The summed E-state index contributed by atoms with van der Waals surface area (Å²) in [5.41, 5.74) is 8.77. The van der Waals surface area contributed by atoms with Crippen LogP contribution in [0.3, 0.4) is 0 Å². The number of benzene rings is 4. The van der Waals surface area contributed by atoms with Gasteiger partial charge in [-0.2, -0.15) is 0 Å². The van der Waals surface area contributed by atoms with Gasteiger partial charge in [0.25, 0.3) is 0 Å². The number of hydrogen-bond donors (Lipinski definition) is 0. The van der Waals surface area contributed by atoms with Gasteiger partial charge in [-0.1, -0.05) is 66.7 Å². The Labute approximate surface area is 202 Å². The number of imidazole rings is 1. The topological polar surface area (TPSA) is 43.9 Å². The molecule has 35 heavy (non-hydrogen) atoms. The van der Waals surface area contributed by atoms with Gasteiger partial charge in [0.1, 0.15) is 11.2 Å². The van der Waals surface area contributed by atoms with Crippen molar-refractivity contribution < 1.29 is 4.42 Å². The van der Waals surface area contributed by atoms with E-state index in [1.165, 1.54) is 5.56 Å². The first-order valence-electron chi connectivity index (χ1n) is 11.7. The van der Waals surface area contributed by atoms with Gasteiger partial charge < -0.3 is 4.42 Å². The summed E-state index contributed by atoms with van der Waals surface area (Å²) in [4.78, 5) is 9.60. The second kappa shape index (κ2) is 7.67. The zero-order valence-corrected chi connectivity index (χ0v) is 19.1. The van der Waals surface area contributed by atoms with Gasteiger partial charge in [0, 0.05) is 22.7 Å². The molecule has 7 rings (SSSR count). The number of nitrogens with zero attached hydrogens (tertiary/aromatic N) is 3. The molecule has 0 bridgehead atoms. The minimum Gasteiger partial charge on any atom is -0.455 e. The molecule has 0 aliphatic carbocycles. The van der Waals surface area contributed by atoms with E-state index < -0.39 is 0 Å². The molecule has 3 heterocycles. The van der Waals surface area contributed by atoms with E-state index in [2.05, 4.69) is 95.3 Å². The smallest absolute Gasteiger partial charge is 0.178 e. The van der Waals surface area contributed by atoms with Crippen molar-refractivity contribution in [1.29, 1.82) is 0 Å². The normalized spacial score (nSPS) is 11.6. The van der Waals surface area contributed by atoms with Crippen LogP contribution in [0.2, 0.25) is 0 Å². The number of fused-ring (bicyclic) bond motifs is 4. The quantitative estimate of drug-likeness (QED) is 0.274. The van der Waals surface area contributed by atoms with Crippen LogP contribution in [0.5, 0.6) is 0 Å². The van der Waals surface area contributed by atoms with Crippen molar-refractivity contribution in [3.8, 4) is 28.2 Å². The lowest BCUT2D eigenvalue weighted by Gasteiger charge is -2.10. The molecule has 0 unspecified atom stereocenters. The number of furan rings is 1. The Morgan fingerprint density at radius 1 is 0.714 bits per heavy atom. The molecule has 0 N–H and O–H groups in total. The van der Waals surface area contributed by atoms with E-state index in [-0.39, 0.29) is 0 Å². The van der Waals surface area contributed by atoms with Gasteiger partial charge in [-0.3, -0.25) is 4.57 Å². The van der Waals surface area contributed by atoms with Crippen molar-refractivity contribution in [1.82, 2.24) is 14.5 Å². The highest BCUT2D eigenvalue weighted by molar-refractivity contribution is 6.10. The van der Waals surface area contributed by atoms with Crippen molar-refractivity contribution in [2.45, 2.75) is 6.92 Å². The molecule has 3 aromatic heterocycles. The van der Waals surface area contributed by atoms with E-state index in [0.717, 1.165) is 55.7 Å². The van der Waals surface area contributed by atoms with Gasteiger partial charge in [-0.25, -0.2) is 9.97 Å². The molecular weight excluding hydrogens is 430 g/mol. The maximum Gasteiger partial charge on any atom is 0.178 e. The van der Waals surface area contributed by atoms with Crippen molar-refractivity contribution in [2.24, 2.45) is 0 Å². The first-order chi connectivity index (χ1) is 17.3. The van der Waals surface area contributed by atoms with Crippen LogP contribution in [0.4, 0.5) is 0 Å². The van der Waals surface area contributed by atoms with Crippen molar-refractivity contribution in [3.05, 3.63) is 115 Å². The third-order valence-corrected chi connectivity index (χ3v) is 6.51. The monoisotopic (exact) mass is 451 g/mol. The molecule has 7 aromatic rings. The summed E-state index contributed by atoms with van der Waals surface area (Å²) >= 11 is 0. The molecule has 4 heteroatoms. The fraction of sp³-hybridized carbons (Fsp3) is 0.0323. The number of hydrogen-bond acceptors (Lipinski definition) is 3. The van der Waals surface area contributed by atoms with Crippen LogP contribution in [0.25, 0.3) is 61.3 Å². The van der Waals surface area contributed by atoms with Crippen molar-refractivity contribution in [2.75, 3.05) is 0 Å². The average molecular weight is 452 g/mol. The highest BCUT2D eigenvalue weighted by Crippen LogP contribution is 2.38. The molecule has 0 amide bonds. The summed E-state index contributed by atoms with van der Waals surface area (Å²) in [6, 6.07) is 35.5. The van der Waals surface area contributed by atoms with Gasteiger partial charge in [-0.05, 0) is 60.0 Å². The zero-order valence-electron chi connectivity index (χ0n) is 19.1. The summed E-state index contributed by atoms with van der Waals surface area (Å²) in [7, 11) is 0. The molecule has 0 saturated heterocycles. The van der Waals surface area contributed by atoms with E-state index >= 15 is 0 Å². The molecule has 0 fully saturated rings. The summed E-state index contributed by atoms with van der Waals surface area (Å²) in [5.74, 6) is 0.817. The van der Waals surface area contributed by atoms with Gasteiger partial charge in [0.15, 0.2) is 11.5 Å². The summed E-state index contributed by atoms with van der Waals surface area (Å²) in [6.45, 7) is 2.05. The largest absolute Gasteiger partial charge is 0.455 e. The Balaban J connectivity index is 1.51. The van der Waals surface area contributed by atoms with E-state index in [4.69, 9.17) is 9.40 Å². The van der Waals surface area contributed by atoms with Crippen LogP contribution in [0.1, 0.15) is 5.56 Å². The van der Waals surface area contributed by atoms with E-state index in [1.807, 2.05) is 30.5 Å². The minimum absolute atomic E-state index is 0.717. The Morgan fingerprint density at radius 3 is 2.34 bits per heavy atom. The lowest BCUT2D eigenvalue weighted by molar-refractivity contribution is 0.669. The Bertz CT molecular complexity index is 1850. The Hall–Kier alpha value is -4.70. The molecule has 4 nitrogen and oxygen atoms in total. The number of pyridine rings is 1. The first kappa shape index (κ1) is 19.7. The zero-order chi connectivity index (χ0) is 23.4. The minimum atomic E-state index is 0.717. The summed E-state index contributed by atoms with van der Waals surface area (Å²) < 4.78 is 8.71. The van der Waals surface area contributed by atoms with Crippen LogP contribution in [-0.2, 0) is 0 Å². The average Bonchev–Trinajstić information content (AvgIpc) is 3.47. The Kier molecular flexibility index (Phi) is 4.33. The van der Waals surface area contributed by atoms with Crippen molar-refractivity contribution >= 4 is 33.1 Å². The third kappa shape index (κ3) is 3.15. The summed E-state index contributed by atoms with van der Waals surface area (Å²) in [5, 5.41) is 2.17. The maximum atomic E-state index is 6.54. The lowest BCUT2D eigenvalue weighted by atomic mass is 10.0. The molecule has 4 aromatic carbocycles. The fourth-order valence-corrected chi connectivity index (χ4v) is 4.87. The highest BCUT2D eigenvalue weighted by Gasteiger charge is 2.20. The van der Waals surface area contributed by atoms with E-state index in [9.17, 15) is 0 Å². The van der Waals surface area contributed by atoms with Crippen LogP contribution < -0.4 is 0 Å². The summed E-state index contributed by atoms with van der Waals surface area (Å²) in [6.07, 6.45) is 1.86. The number of para-hydroxylation sites is 2. The van der Waals surface area contributed by atoms with Crippen LogP contribution in [0, 0.1) is 6.92 Å². The van der Waals surface area contributed by atoms with Gasteiger partial charge in [0.05, 0.1) is 11.1 Å². The third-order valence-electron chi connectivity index (χ3n) is 6.51. The molecule has 0 spiro atoms. The second-order valence-electron chi connectivity index (χ2n) is 8.82. The number of aromatic nitrogens is 3. The molecule has 0 radical (unpaired) electrons. The van der Waals surface area contributed by atoms with Crippen molar-refractivity contribution in [3.63, 3.8) is 0 Å². The molecule has 0 aliphatic heterocycles. The van der Waals surface area contributed by atoms with E-state index in [1.54, 1.807) is 0 Å². The first-order valence-corrected chi connectivity index (χ1v) is 11.7. The molecule has 0 atom stereocenters. The standard InChI is InChI=1S/C31H21N3O/c1-20-17-27-30(32-19-20)33-31(34(27)23-11-6-3-7-12-23)26-14-8-13-25-24-16-15-22(18-28(24)35-29(25)26)21-9-4-2-5-10-21/h2-19H,1H3. The van der Waals surface area contributed by atoms with Gasteiger partial charge in [-0.15, -0.1) is 0 Å². The van der Waals surface area contributed by atoms with Gasteiger partial charge in [0.2, 0.25) is 0 Å². The highest BCUT2D eigenvalue weighted by atomic mass is 16.3. The molecular formula is C31H21N3O. The Morgan fingerprint density at radius 2 is 1.51 bits per heavy atom.